The van der Waals surface area contributed by atoms with E-state index in [1.165, 1.54) is 0 Å². The second kappa shape index (κ2) is 10.7. The first-order valence-electron chi connectivity index (χ1n) is 12.6. The highest BCUT2D eigenvalue weighted by atomic mass is 16.7. The van der Waals surface area contributed by atoms with E-state index in [2.05, 4.69) is 36.1 Å². The zero-order chi connectivity index (χ0) is 26.0. The SMILES string of the molecule is Cc1cnn2c1C(=O)N(C)CC2.Cc1cnn2c1OC(C)CC2.Cc1cnn2c1ON(C(C)C)CC2. The average molecular weight is 499 g/mol. The standard InChI is InChI=1S/C9H15N3O.C8H11N3O.C8H12N2O/c1-7(2)12-5-4-11-9(13-12)8(3)6-10-11;1-6-5-9-11-4-3-10(2)8(12)7(6)11;1-6-5-9-10-4-3-7(2)11-8(6)10/h6-7H,4-5H2,1-3H3;5H,3-4H2,1-2H3;5,7H,3-4H2,1-2H3. The van der Waals surface area contributed by atoms with E-state index in [0.717, 1.165) is 73.3 Å². The van der Waals surface area contributed by atoms with Gasteiger partial charge in [-0.2, -0.15) is 15.3 Å². The monoisotopic (exact) mass is 498 g/mol. The zero-order valence-corrected chi connectivity index (χ0v) is 22.4. The zero-order valence-electron chi connectivity index (χ0n) is 22.4. The number of aryl methyl sites for hydroxylation is 4. The summed E-state index contributed by atoms with van der Waals surface area (Å²) in [6.45, 7) is 16.7. The van der Waals surface area contributed by atoms with E-state index >= 15 is 0 Å². The number of hydrogen-bond acceptors (Lipinski definition) is 7. The number of ether oxygens (including phenoxy) is 1. The van der Waals surface area contributed by atoms with Gasteiger partial charge in [-0.15, -0.1) is 5.06 Å². The van der Waals surface area contributed by atoms with Crippen molar-refractivity contribution in [2.24, 2.45) is 0 Å². The van der Waals surface area contributed by atoms with Crippen molar-refractivity contribution in [1.82, 2.24) is 39.3 Å². The van der Waals surface area contributed by atoms with E-state index < -0.39 is 0 Å². The van der Waals surface area contributed by atoms with Gasteiger partial charge in [0.2, 0.25) is 11.8 Å². The highest BCUT2D eigenvalue weighted by molar-refractivity contribution is 5.94. The Hall–Kier alpha value is -3.34. The Kier molecular flexibility index (Phi) is 7.67. The van der Waals surface area contributed by atoms with Crippen LogP contribution in [0.5, 0.6) is 11.8 Å². The van der Waals surface area contributed by atoms with Crippen molar-refractivity contribution in [3.63, 3.8) is 0 Å². The third kappa shape index (κ3) is 5.40. The summed E-state index contributed by atoms with van der Waals surface area (Å²) in [5, 5.41) is 14.5. The number of hydrogen-bond donors (Lipinski definition) is 0. The molecule has 196 valence electrons. The molecule has 6 heterocycles. The Bertz CT molecular complexity index is 1190. The van der Waals surface area contributed by atoms with Gasteiger partial charge < -0.3 is 14.5 Å². The van der Waals surface area contributed by atoms with Crippen LogP contribution in [0.15, 0.2) is 18.6 Å². The second-order valence-corrected chi connectivity index (χ2v) is 9.88. The lowest BCUT2D eigenvalue weighted by atomic mass is 10.2. The maximum absolute atomic E-state index is 11.6. The maximum Gasteiger partial charge on any atom is 0.272 e. The number of amides is 1. The number of carbonyl (C=O) groups is 1. The third-order valence-electron chi connectivity index (χ3n) is 6.52. The number of nitrogens with zero attached hydrogens (tertiary/aromatic N) is 8. The molecule has 1 unspecified atom stereocenters. The van der Waals surface area contributed by atoms with E-state index in [1.807, 2.05) is 54.6 Å². The average Bonchev–Trinajstić information content (AvgIpc) is 3.54. The predicted molar refractivity (Wildman–Crippen MR) is 135 cm³/mol. The molecule has 3 aliphatic heterocycles. The number of fused-ring (bicyclic) bond motifs is 3. The Morgan fingerprint density at radius 1 is 0.833 bits per heavy atom. The van der Waals surface area contributed by atoms with Gasteiger partial charge >= 0.3 is 0 Å². The summed E-state index contributed by atoms with van der Waals surface area (Å²) in [6.07, 6.45) is 6.85. The van der Waals surface area contributed by atoms with Gasteiger partial charge in [-0.3, -0.25) is 9.48 Å². The van der Waals surface area contributed by atoms with Crippen LogP contribution in [-0.4, -0.2) is 77.5 Å². The van der Waals surface area contributed by atoms with Crippen molar-refractivity contribution in [3.8, 4) is 11.8 Å². The van der Waals surface area contributed by atoms with Crippen molar-refractivity contribution in [2.75, 3.05) is 20.1 Å². The minimum Gasteiger partial charge on any atom is -0.475 e. The van der Waals surface area contributed by atoms with E-state index in [9.17, 15) is 4.79 Å². The fourth-order valence-corrected chi connectivity index (χ4v) is 4.25. The minimum atomic E-state index is 0.0799. The van der Waals surface area contributed by atoms with Gasteiger partial charge in [-0.05, 0) is 47.1 Å². The van der Waals surface area contributed by atoms with Crippen LogP contribution in [0.3, 0.4) is 0 Å². The third-order valence-corrected chi connectivity index (χ3v) is 6.52. The lowest BCUT2D eigenvalue weighted by molar-refractivity contribution is -0.113. The molecule has 6 rings (SSSR count). The fourth-order valence-electron chi connectivity index (χ4n) is 4.25. The molecule has 3 aromatic rings. The van der Waals surface area contributed by atoms with Crippen molar-refractivity contribution >= 4 is 5.91 Å². The number of hydroxylamine groups is 2. The summed E-state index contributed by atoms with van der Waals surface area (Å²) in [5.41, 5.74) is 3.94. The van der Waals surface area contributed by atoms with Crippen LogP contribution in [0, 0.1) is 20.8 Å². The normalized spacial score (nSPS) is 18.6. The molecular weight excluding hydrogens is 460 g/mol. The van der Waals surface area contributed by atoms with E-state index in [-0.39, 0.29) is 5.91 Å². The van der Waals surface area contributed by atoms with Gasteiger partial charge in [0.05, 0.1) is 44.3 Å². The van der Waals surface area contributed by atoms with Crippen LogP contribution < -0.4 is 9.57 Å². The van der Waals surface area contributed by atoms with E-state index in [1.54, 1.807) is 15.8 Å². The number of aromatic nitrogens is 6. The molecule has 0 aliphatic carbocycles. The van der Waals surface area contributed by atoms with Gasteiger partial charge in [0.25, 0.3) is 5.91 Å². The van der Waals surface area contributed by atoms with Gasteiger partial charge in [-0.25, -0.2) is 9.36 Å². The minimum absolute atomic E-state index is 0.0799. The quantitative estimate of drug-likeness (QED) is 0.509. The number of likely N-dealkylation sites (N-methyl/N-ethyl adjacent to an activating group) is 1. The van der Waals surface area contributed by atoms with Crippen LogP contribution >= 0.6 is 0 Å². The van der Waals surface area contributed by atoms with Crippen molar-refractivity contribution in [2.45, 2.75) is 79.7 Å². The molecule has 1 amide bonds. The van der Waals surface area contributed by atoms with Gasteiger partial charge in [0.15, 0.2) is 0 Å². The molecule has 11 heteroatoms. The van der Waals surface area contributed by atoms with Gasteiger partial charge in [0.1, 0.15) is 5.69 Å². The topological polar surface area (TPSA) is 95.5 Å². The lowest BCUT2D eigenvalue weighted by Gasteiger charge is -2.30. The maximum atomic E-state index is 11.6. The van der Waals surface area contributed by atoms with Crippen molar-refractivity contribution in [1.29, 1.82) is 0 Å². The van der Waals surface area contributed by atoms with Crippen LogP contribution in [0.2, 0.25) is 0 Å². The summed E-state index contributed by atoms with van der Waals surface area (Å²) in [6, 6.07) is 0.419. The summed E-state index contributed by atoms with van der Waals surface area (Å²) >= 11 is 0. The van der Waals surface area contributed by atoms with Crippen LogP contribution in [0.25, 0.3) is 0 Å². The summed E-state index contributed by atoms with van der Waals surface area (Å²) in [4.78, 5) is 19.0. The molecule has 0 bridgehead atoms. The summed E-state index contributed by atoms with van der Waals surface area (Å²) in [5.74, 6) is 1.92. The first-order valence-corrected chi connectivity index (χ1v) is 12.6. The lowest BCUT2D eigenvalue weighted by Crippen LogP contribution is -2.41. The van der Waals surface area contributed by atoms with Gasteiger partial charge in [0, 0.05) is 43.7 Å². The largest absolute Gasteiger partial charge is 0.475 e. The molecule has 0 radical (unpaired) electrons. The molecule has 1 atom stereocenters. The molecule has 3 aliphatic rings. The molecule has 0 saturated heterocycles. The molecule has 3 aromatic heterocycles. The Labute approximate surface area is 212 Å². The fraction of sp³-hybridized carbons (Fsp3) is 0.600. The van der Waals surface area contributed by atoms with Gasteiger partial charge in [-0.1, -0.05) is 0 Å². The number of rotatable bonds is 1. The molecular formula is C25H38N8O3. The second-order valence-electron chi connectivity index (χ2n) is 9.88. The van der Waals surface area contributed by atoms with Crippen LogP contribution in [0.1, 0.15) is 54.4 Å². The van der Waals surface area contributed by atoms with Crippen LogP contribution in [-0.2, 0) is 19.6 Å². The molecule has 36 heavy (non-hydrogen) atoms. The molecule has 0 spiro atoms. The highest BCUT2D eigenvalue weighted by Crippen LogP contribution is 2.24. The molecule has 0 aromatic carbocycles. The predicted octanol–water partition coefficient (Wildman–Crippen LogP) is 2.85. The highest BCUT2D eigenvalue weighted by Gasteiger charge is 2.24. The van der Waals surface area contributed by atoms with Crippen molar-refractivity contribution in [3.05, 3.63) is 41.0 Å². The smallest absolute Gasteiger partial charge is 0.272 e. The number of carbonyl (C=O) groups excluding carboxylic acids is 1. The van der Waals surface area contributed by atoms with Crippen molar-refractivity contribution < 1.29 is 14.4 Å². The van der Waals surface area contributed by atoms with E-state index in [0.29, 0.717) is 12.1 Å². The summed E-state index contributed by atoms with van der Waals surface area (Å²) in [7, 11) is 1.82. The van der Waals surface area contributed by atoms with Crippen LogP contribution in [0.4, 0.5) is 0 Å². The molecule has 0 N–H and O–H groups in total. The molecule has 11 nitrogen and oxygen atoms in total. The molecule has 0 saturated carbocycles. The first-order chi connectivity index (χ1) is 17.2. The Morgan fingerprint density at radius 2 is 1.42 bits per heavy atom. The van der Waals surface area contributed by atoms with E-state index in [4.69, 9.17) is 9.57 Å². The first kappa shape index (κ1) is 25.7. The molecule has 0 fully saturated rings. The Morgan fingerprint density at radius 3 is 2.11 bits per heavy atom. The Balaban J connectivity index is 0.000000127. The summed E-state index contributed by atoms with van der Waals surface area (Å²) < 4.78 is 11.2.